The molecule has 0 aliphatic carbocycles. The van der Waals surface area contributed by atoms with Crippen molar-refractivity contribution in [2.24, 2.45) is 0 Å². The molecule has 0 saturated carbocycles. The average Bonchev–Trinajstić information content (AvgIpc) is 3.12. The Balaban J connectivity index is 1.73. The lowest BCUT2D eigenvalue weighted by Crippen LogP contribution is -2.23. The SMILES string of the molecule is O=C1OCC(CSc2nc3ccccc3c(=O)n2-c2ccc(OC(F)F)cc2)O1. The molecule has 1 aliphatic rings. The summed E-state index contributed by atoms with van der Waals surface area (Å²) in [7, 11) is 0. The number of fused-ring (bicyclic) bond motifs is 1. The third-order valence-electron chi connectivity index (χ3n) is 4.11. The first-order chi connectivity index (χ1) is 14.0. The minimum absolute atomic E-state index is 0.0187. The van der Waals surface area contributed by atoms with E-state index in [1.165, 1.54) is 40.6 Å². The molecule has 0 spiro atoms. The number of rotatable bonds is 6. The van der Waals surface area contributed by atoms with Crippen LogP contribution in [0.2, 0.25) is 0 Å². The second kappa shape index (κ2) is 8.08. The van der Waals surface area contributed by atoms with E-state index in [0.29, 0.717) is 27.5 Å². The van der Waals surface area contributed by atoms with Crippen molar-refractivity contribution in [3.05, 3.63) is 58.9 Å². The topological polar surface area (TPSA) is 79.7 Å². The summed E-state index contributed by atoms with van der Waals surface area (Å²) < 4.78 is 40.3. The van der Waals surface area contributed by atoms with Crippen LogP contribution in [0.15, 0.2) is 58.5 Å². The van der Waals surface area contributed by atoms with Gasteiger partial charge in [-0.25, -0.2) is 9.78 Å². The van der Waals surface area contributed by atoms with Gasteiger partial charge in [0.15, 0.2) is 5.16 Å². The van der Waals surface area contributed by atoms with E-state index in [9.17, 15) is 18.4 Å². The standard InChI is InChI=1S/C19H14F2N2O5S/c20-17(21)27-12-7-5-11(6-8-12)23-16(24)14-3-1-2-4-15(14)22-18(23)29-10-13-9-26-19(25)28-13/h1-8,13,17H,9-10H2. The van der Waals surface area contributed by atoms with Crippen LogP contribution in [-0.2, 0) is 9.47 Å². The van der Waals surface area contributed by atoms with Gasteiger partial charge in [0.25, 0.3) is 5.56 Å². The number of aromatic nitrogens is 2. The van der Waals surface area contributed by atoms with Gasteiger partial charge in [-0.1, -0.05) is 23.9 Å². The molecule has 1 fully saturated rings. The van der Waals surface area contributed by atoms with E-state index in [1.807, 2.05) is 0 Å². The number of halogens is 2. The molecule has 10 heteroatoms. The Hall–Kier alpha value is -3.14. The van der Waals surface area contributed by atoms with Gasteiger partial charge in [-0.15, -0.1) is 0 Å². The molecule has 0 amide bonds. The van der Waals surface area contributed by atoms with E-state index < -0.39 is 18.9 Å². The van der Waals surface area contributed by atoms with Crippen molar-refractivity contribution < 1.29 is 27.8 Å². The molecule has 2 heterocycles. The first kappa shape index (κ1) is 19.2. The lowest BCUT2D eigenvalue weighted by atomic mass is 10.2. The van der Waals surface area contributed by atoms with Crippen molar-refractivity contribution in [1.29, 1.82) is 0 Å². The van der Waals surface area contributed by atoms with E-state index >= 15 is 0 Å². The van der Waals surface area contributed by atoms with Crippen LogP contribution in [0.4, 0.5) is 13.6 Å². The highest BCUT2D eigenvalue weighted by Gasteiger charge is 2.26. The van der Waals surface area contributed by atoms with E-state index in [2.05, 4.69) is 9.72 Å². The summed E-state index contributed by atoms with van der Waals surface area (Å²) in [4.78, 5) is 28.8. The number of ether oxygens (including phenoxy) is 3. The maximum Gasteiger partial charge on any atom is 0.508 e. The highest BCUT2D eigenvalue weighted by atomic mass is 32.2. The molecule has 3 aromatic rings. The van der Waals surface area contributed by atoms with Gasteiger partial charge in [-0.2, -0.15) is 8.78 Å². The zero-order chi connectivity index (χ0) is 20.4. The van der Waals surface area contributed by atoms with Gasteiger partial charge in [0.1, 0.15) is 18.5 Å². The second-order valence-electron chi connectivity index (χ2n) is 6.04. The van der Waals surface area contributed by atoms with Crippen LogP contribution in [0.5, 0.6) is 5.75 Å². The smallest absolute Gasteiger partial charge is 0.435 e. The van der Waals surface area contributed by atoms with Crippen LogP contribution >= 0.6 is 11.8 Å². The fourth-order valence-electron chi connectivity index (χ4n) is 2.83. The molecular formula is C19H14F2N2O5S. The molecule has 4 rings (SSSR count). The summed E-state index contributed by atoms with van der Waals surface area (Å²) in [6, 6.07) is 12.6. The Morgan fingerprint density at radius 1 is 1.17 bits per heavy atom. The quantitative estimate of drug-likeness (QED) is 0.342. The average molecular weight is 420 g/mol. The molecule has 0 bridgehead atoms. The lowest BCUT2D eigenvalue weighted by molar-refractivity contribution is -0.0498. The number of benzene rings is 2. The normalized spacial score (nSPS) is 16.1. The first-order valence-corrected chi connectivity index (χ1v) is 9.53. The van der Waals surface area contributed by atoms with Crippen LogP contribution in [0, 0.1) is 0 Å². The highest BCUT2D eigenvalue weighted by Crippen LogP contribution is 2.25. The third kappa shape index (κ3) is 4.16. The lowest BCUT2D eigenvalue weighted by Gasteiger charge is -2.14. The number of hydrogen-bond acceptors (Lipinski definition) is 7. The van der Waals surface area contributed by atoms with E-state index in [0.717, 1.165) is 0 Å². The van der Waals surface area contributed by atoms with Gasteiger partial charge in [0.2, 0.25) is 0 Å². The van der Waals surface area contributed by atoms with Crippen molar-refractivity contribution >= 4 is 28.8 Å². The summed E-state index contributed by atoms with van der Waals surface area (Å²) in [6.07, 6.45) is -1.18. The molecule has 1 unspecified atom stereocenters. The van der Waals surface area contributed by atoms with Crippen LogP contribution in [-0.4, -0.2) is 40.8 Å². The minimum atomic E-state index is -2.94. The second-order valence-corrected chi connectivity index (χ2v) is 7.02. The largest absolute Gasteiger partial charge is 0.508 e. The number of nitrogens with zero attached hydrogens (tertiary/aromatic N) is 2. The minimum Gasteiger partial charge on any atom is -0.435 e. The van der Waals surface area contributed by atoms with Gasteiger partial charge in [-0.05, 0) is 36.4 Å². The number of carbonyl (C=O) groups is 1. The highest BCUT2D eigenvalue weighted by molar-refractivity contribution is 7.99. The maximum absolute atomic E-state index is 13.1. The number of carbonyl (C=O) groups excluding carboxylic acids is 1. The fourth-order valence-corrected chi connectivity index (χ4v) is 3.81. The first-order valence-electron chi connectivity index (χ1n) is 8.54. The van der Waals surface area contributed by atoms with Gasteiger partial charge < -0.3 is 14.2 Å². The summed E-state index contributed by atoms with van der Waals surface area (Å²) in [5.41, 5.74) is 0.658. The maximum atomic E-state index is 13.1. The Bertz CT molecular complexity index is 1100. The van der Waals surface area contributed by atoms with Crippen molar-refractivity contribution in [2.75, 3.05) is 12.4 Å². The fraction of sp³-hybridized carbons (Fsp3) is 0.211. The van der Waals surface area contributed by atoms with Crippen LogP contribution in [0.25, 0.3) is 16.6 Å². The third-order valence-corrected chi connectivity index (χ3v) is 5.18. The van der Waals surface area contributed by atoms with Crippen molar-refractivity contribution in [2.45, 2.75) is 17.9 Å². The molecule has 0 radical (unpaired) electrons. The van der Waals surface area contributed by atoms with Gasteiger partial charge >= 0.3 is 12.8 Å². The number of para-hydroxylation sites is 1. The van der Waals surface area contributed by atoms with Gasteiger partial charge in [0, 0.05) is 5.75 Å². The van der Waals surface area contributed by atoms with Crippen LogP contribution in [0.1, 0.15) is 0 Å². The zero-order valence-electron chi connectivity index (χ0n) is 14.8. The van der Waals surface area contributed by atoms with Gasteiger partial charge in [-0.3, -0.25) is 9.36 Å². The number of alkyl halides is 2. The number of thioether (sulfide) groups is 1. The Morgan fingerprint density at radius 3 is 2.62 bits per heavy atom. The van der Waals surface area contributed by atoms with Crippen molar-refractivity contribution in [3.63, 3.8) is 0 Å². The molecule has 1 aliphatic heterocycles. The van der Waals surface area contributed by atoms with Crippen molar-refractivity contribution in [3.8, 4) is 11.4 Å². The summed E-state index contributed by atoms with van der Waals surface area (Å²) >= 11 is 1.23. The molecule has 29 heavy (non-hydrogen) atoms. The number of hydrogen-bond donors (Lipinski definition) is 0. The molecule has 1 atom stereocenters. The van der Waals surface area contributed by atoms with E-state index in [-0.39, 0.29) is 17.9 Å². The Kier molecular flexibility index (Phi) is 5.34. The predicted molar refractivity (Wildman–Crippen MR) is 101 cm³/mol. The molecule has 7 nitrogen and oxygen atoms in total. The van der Waals surface area contributed by atoms with E-state index in [4.69, 9.17) is 9.47 Å². The number of cyclic esters (lactones) is 2. The Morgan fingerprint density at radius 2 is 1.93 bits per heavy atom. The van der Waals surface area contributed by atoms with Crippen molar-refractivity contribution in [1.82, 2.24) is 9.55 Å². The molecule has 150 valence electrons. The van der Waals surface area contributed by atoms with E-state index in [1.54, 1.807) is 24.3 Å². The Labute approximate surface area is 167 Å². The summed E-state index contributed by atoms with van der Waals surface area (Å²) in [5.74, 6) is 0.318. The molecule has 0 N–H and O–H groups in total. The summed E-state index contributed by atoms with van der Waals surface area (Å²) in [5, 5.41) is 0.791. The molecule has 2 aromatic carbocycles. The van der Waals surface area contributed by atoms with Gasteiger partial charge in [0.05, 0.1) is 16.6 Å². The molecule has 1 aromatic heterocycles. The van der Waals surface area contributed by atoms with Crippen LogP contribution < -0.4 is 10.3 Å². The van der Waals surface area contributed by atoms with Crippen LogP contribution in [0.3, 0.4) is 0 Å². The summed E-state index contributed by atoms with van der Waals surface area (Å²) in [6.45, 7) is -2.81. The molecular weight excluding hydrogens is 406 g/mol. The monoisotopic (exact) mass is 420 g/mol. The molecule has 1 saturated heterocycles. The zero-order valence-corrected chi connectivity index (χ0v) is 15.6. The predicted octanol–water partition coefficient (Wildman–Crippen LogP) is 3.61.